The van der Waals surface area contributed by atoms with Gasteiger partial charge in [-0.05, 0) is 50.9 Å². The van der Waals surface area contributed by atoms with E-state index in [1.165, 1.54) is 64.5 Å². The Labute approximate surface area is 155 Å². The Morgan fingerprint density at radius 2 is 1.69 bits per heavy atom. The Morgan fingerprint density at radius 3 is 2.46 bits per heavy atom. The van der Waals surface area contributed by atoms with Crippen LogP contribution in [-0.4, -0.2) is 45.9 Å². The number of hydrogen-bond donors (Lipinski definition) is 1. The van der Waals surface area contributed by atoms with E-state index >= 15 is 0 Å². The van der Waals surface area contributed by atoms with Gasteiger partial charge in [-0.3, -0.25) is 14.7 Å². The number of likely N-dealkylation sites (tertiary alicyclic amines) is 1. The summed E-state index contributed by atoms with van der Waals surface area (Å²) in [5, 5.41) is 3.19. The Hall–Kier alpha value is -2.01. The lowest BCUT2D eigenvalue weighted by Gasteiger charge is -2.48. The zero-order chi connectivity index (χ0) is 17.8. The molecule has 4 rings (SSSR count). The van der Waals surface area contributed by atoms with E-state index in [-0.39, 0.29) is 11.4 Å². The Bertz CT molecular complexity index is 763. The molecule has 2 heterocycles. The minimum absolute atomic E-state index is 0.106. The third kappa shape index (κ3) is 3.58. The van der Waals surface area contributed by atoms with Gasteiger partial charge < -0.3 is 5.32 Å². The van der Waals surface area contributed by atoms with E-state index in [4.69, 9.17) is 0 Å². The summed E-state index contributed by atoms with van der Waals surface area (Å²) in [6.07, 6.45) is 11.7. The van der Waals surface area contributed by atoms with Crippen LogP contribution in [-0.2, 0) is 0 Å². The van der Waals surface area contributed by atoms with Crippen molar-refractivity contribution in [2.75, 3.05) is 19.6 Å². The SMILES string of the molecule is O=C(NCC1(N2CCCCC2)CCCCC1)c1cnc2ccccc2n1. The molecule has 26 heavy (non-hydrogen) atoms. The summed E-state index contributed by atoms with van der Waals surface area (Å²) in [7, 11) is 0. The molecule has 2 aliphatic rings. The summed E-state index contributed by atoms with van der Waals surface area (Å²) in [5.41, 5.74) is 2.14. The fraction of sp³-hybridized carbons (Fsp3) is 0.571. The lowest BCUT2D eigenvalue weighted by Crippen LogP contribution is -2.58. The monoisotopic (exact) mass is 352 g/mol. The van der Waals surface area contributed by atoms with Gasteiger partial charge in [0.2, 0.25) is 0 Å². The first-order valence-corrected chi connectivity index (χ1v) is 10.0. The van der Waals surface area contributed by atoms with Gasteiger partial charge in [-0.1, -0.05) is 37.8 Å². The van der Waals surface area contributed by atoms with Gasteiger partial charge in [-0.25, -0.2) is 4.98 Å². The van der Waals surface area contributed by atoms with Crippen molar-refractivity contribution in [3.63, 3.8) is 0 Å². The molecule has 0 spiro atoms. The molecular formula is C21H28N4O. The minimum atomic E-state index is -0.106. The van der Waals surface area contributed by atoms with E-state index in [0.29, 0.717) is 5.69 Å². The highest BCUT2D eigenvalue weighted by Gasteiger charge is 2.38. The van der Waals surface area contributed by atoms with E-state index in [9.17, 15) is 4.79 Å². The maximum absolute atomic E-state index is 12.7. The van der Waals surface area contributed by atoms with Gasteiger partial charge in [-0.15, -0.1) is 0 Å². The topological polar surface area (TPSA) is 58.1 Å². The molecular weight excluding hydrogens is 324 g/mol. The molecule has 1 aromatic carbocycles. The molecule has 1 aromatic heterocycles. The summed E-state index contributed by atoms with van der Waals surface area (Å²) >= 11 is 0. The van der Waals surface area contributed by atoms with Crippen molar-refractivity contribution in [3.8, 4) is 0 Å². The number of nitrogens with one attached hydrogen (secondary N) is 1. The summed E-state index contributed by atoms with van der Waals surface area (Å²) in [5.74, 6) is -0.106. The number of carbonyl (C=O) groups excluding carboxylic acids is 1. The molecule has 5 nitrogen and oxygen atoms in total. The second-order valence-corrected chi connectivity index (χ2v) is 7.76. The number of hydrogen-bond acceptors (Lipinski definition) is 4. The molecule has 1 aliphatic heterocycles. The molecule has 0 bridgehead atoms. The first-order valence-electron chi connectivity index (χ1n) is 10.0. The number of rotatable bonds is 4. The van der Waals surface area contributed by atoms with E-state index in [1.54, 1.807) is 6.20 Å². The number of fused-ring (bicyclic) bond motifs is 1. The second-order valence-electron chi connectivity index (χ2n) is 7.76. The summed E-state index contributed by atoms with van der Waals surface area (Å²) < 4.78 is 0. The molecule has 138 valence electrons. The van der Waals surface area contributed by atoms with Gasteiger partial charge in [-0.2, -0.15) is 0 Å². The number of amides is 1. The predicted octanol–water partition coefficient (Wildman–Crippen LogP) is 3.55. The normalized spacial score (nSPS) is 20.8. The van der Waals surface area contributed by atoms with Crippen LogP contribution in [0, 0.1) is 0 Å². The van der Waals surface area contributed by atoms with Crippen LogP contribution in [0.15, 0.2) is 30.5 Å². The molecule has 1 N–H and O–H groups in total. The van der Waals surface area contributed by atoms with Crippen molar-refractivity contribution in [2.24, 2.45) is 0 Å². The van der Waals surface area contributed by atoms with E-state index in [0.717, 1.165) is 17.6 Å². The predicted molar refractivity (Wildman–Crippen MR) is 103 cm³/mol. The minimum Gasteiger partial charge on any atom is -0.349 e. The zero-order valence-electron chi connectivity index (χ0n) is 15.4. The number of piperidine rings is 1. The Morgan fingerprint density at radius 1 is 1.00 bits per heavy atom. The Balaban J connectivity index is 1.48. The van der Waals surface area contributed by atoms with Gasteiger partial charge >= 0.3 is 0 Å². The van der Waals surface area contributed by atoms with Crippen LogP contribution in [0.25, 0.3) is 11.0 Å². The average Bonchev–Trinajstić information content (AvgIpc) is 2.73. The van der Waals surface area contributed by atoms with E-state index < -0.39 is 0 Å². The van der Waals surface area contributed by atoms with Crippen LogP contribution in [0.1, 0.15) is 61.9 Å². The number of nitrogens with zero attached hydrogens (tertiary/aromatic N) is 3. The molecule has 1 saturated carbocycles. The quantitative estimate of drug-likeness (QED) is 0.914. The first kappa shape index (κ1) is 17.4. The molecule has 1 amide bonds. The smallest absolute Gasteiger partial charge is 0.271 e. The molecule has 0 atom stereocenters. The van der Waals surface area contributed by atoms with Crippen molar-refractivity contribution in [1.29, 1.82) is 0 Å². The summed E-state index contributed by atoms with van der Waals surface area (Å²) in [4.78, 5) is 24.2. The number of para-hydroxylation sites is 2. The van der Waals surface area contributed by atoms with Crippen molar-refractivity contribution < 1.29 is 4.79 Å². The standard InChI is InChI=1S/C21H28N4O/c26-20(19-15-22-17-9-3-4-10-18(17)24-19)23-16-21(11-5-1-6-12-21)25-13-7-2-8-14-25/h3-4,9-10,15H,1-2,5-8,11-14,16H2,(H,23,26). The Kier molecular flexibility index (Phi) is 5.16. The summed E-state index contributed by atoms with van der Waals surface area (Å²) in [6.45, 7) is 3.07. The fourth-order valence-electron chi connectivity index (χ4n) is 4.58. The highest BCUT2D eigenvalue weighted by Crippen LogP contribution is 2.35. The lowest BCUT2D eigenvalue weighted by molar-refractivity contribution is 0.0326. The van der Waals surface area contributed by atoms with Crippen LogP contribution in [0.2, 0.25) is 0 Å². The third-order valence-electron chi connectivity index (χ3n) is 6.07. The largest absolute Gasteiger partial charge is 0.349 e. The second kappa shape index (κ2) is 7.70. The number of carbonyl (C=O) groups is 1. The maximum Gasteiger partial charge on any atom is 0.271 e. The zero-order valence-corrected chi connectivity index (χ0v) is 15.4. The first-order chi connectivity index (χ1) is 12.8. The fourth-order valence-corrected chi connectivity index (χ4v) is 4.58. The molecule has 0 radical (unpaired) electrons. The third-order valence-corrected chi connectivity index (χ3v) is 6.07. The molecule has 1 saturated heterocycles. The highest BCUT2D eigenvalue weighted by molar-refractivity contribution is 5.93. The lowest BCUT2D eigenvalue weighted by atomic mass is 9.79. The summed E-state index contributed by atoms with van der Waals surface area (Å²) in [6, 6.07) is 7.67. The average molecular weight is 352 g/mol. The van der Waals surface area contributed by atoms with E-state index in [2.05, 4.69) is 20.2 Å². The number of benzene rings is 1. The van der Waals surface area contributed by atoms with Crippen LogP contribution < -0.4 is 5.32 Å². The van der Waals surface area contributed by atoms with Gasteiger partial charge in [0.25, 0.3) is 5.91 Å². The van der Waals surface area contributed by atoms with Crippen LogP contribution >= 0.6 is 0 Å². The van der Waals surface area contributed by atoms with Gasteiger partial charge in [0.15, 0.2) is 0 Å². The molecule has 0 unspecified atom stereocenters. The van der Waals surface area contributed by atoms with Crippen LogP contribution in [0.4, 0.5) is 0 Å². The molecule has 5 heteroatoms. The van der Waals surface area contributed by atoms with Crippen LogP contribution in [0.3, 0.4) is 0 Å². The van der Waals surface area contributed by atoms with Crippen LogP contribution in [0.5, 0.6) is 0 Å². The maximum atomic E-state index is 12.7. The number of aromatic nitrogens is 2. The molecule has 2 aromatic rings. The highest BCUT2D eigenvalue weighted by atomic mass is 16.1. The molecule has 1 aliphatic carbocycles. The van der Waals surface area contributed by atoms with Crippen molar-refractivity contribution in [3.05, 3.63) is 36.2 Å². The van der Waals surface area contributed by atoms with Crippen molar-refractivity contribution in [1.82, 2.24) is 20.2 Å². The molecule has 2 fully saturated rings. The van der Waals surface area contributed by atoms with Crippen molar-refractivity contribution in [2.45, 2.75) is 56.9 Å². The van der Waals surface area contributed by atoms with E-state index in [1.807, 2.05) is 24.3 Å². The van der Waals surface area contributed by atoms with Gasteiger partial charge in [0, 0.05) is 12.1 Å². The van der Waals surface area contributed by atoms with Gasteiger partial charge in [0.05, 0.1) is 17.2 Å². The van der Waals surface area contributed by atoms with Crippen molar-refractivity contribution >= 4 is 16.9 Å². The van der Waals surface area contributed by atoms with Gasteiger partial charge in [0.1, 0.15) is 5.69 Å².